The summed E-state index contributed by atoms with van der Waals surface area (Å²) in [5.41, 5.74) is 0.252. The van der Waals surface area contributed by atoms with Crippen LogP contribution in [0.15, 0.2) is 22.7 Å². The lowest BCUT2D eigenvalue weighted by molar-refractivity contribution is 0.0929. The van der Waals surface area contributed by atoms with E-state index in [-0.39, 0.29) is 27.9 Å². The molecule has 1 unspecified atom stereocenters. The zero-order chi connectivity index (χ0) is 13.5. The Morgan fingerprint density at radius 2 is 2.33 bits per heavy atom. The first kappa shape index (κ1) is 15.4. The largest absolute Gasteiger partial charge is 0.385 e. The monoisotopic (exact) mass is 337 g/mol. The second-order valence-electron chi connectivity index (χ2n) is 3.71. The first-order chi connectivity index (χ1) is 8.60. The first-order valence-electron chi connectivity index (χ1n) is 5.40. The zero-order valence-electron chi connectivity index (χ0n) is 9.88. The molecular formula is C12H14BrClFNO2. The van der Waals surface area contributed by atoms with Crippen molar-refractivity contribution in [3.8, 4) is 0 Å². The van der Waals surface area contributed by atoms with Crippen LogP contribution in [0.25, 0.3) is 0 Å². The number of ether oxygens (including phenoxy) is 1. The second kappa shape index (κ2) is 7.71. The molecule has 0 radical (unpaired) electrons. The van der Waals surface area contributed by atoms with Gasteiger partial charge in [-0.3, -0.25) is 4.79 Å². The quantitative estimate of drug-likeness (QED) is 0.810. The van der Waals surface area contributed by atoms with Gasteiger partial charge < -0.3 is 10.1 Å². The fraction of sp³-hybridized carbons (Fsp3) is 0.417. The number of rotatable bonds is 6. The number of hydrogen-bond donors (Lipinski definition) is 1. The van der Waals surface area contributed by atoms with Crippen molar-refractivity contribution >= 4 is 33.4 Å². The van der Waals surface area contributed by atoms with Crippen LogP contribution in [0.5, 0.6) is 0 Å². The maximum atomic E-state index is 13.3. The van der Waals surface area contributed by atoms with Crippen molar-refractivity contribution in [2.45, 2.75) is 12.5 Å². The van der Waals surface area contributed by atoms with Crippen LogP contribution in [0.1, 0.15) is 16.8 Å². The van der Waals surface area contributed by atoms with Gasteiger partial charge in [0.25, 0.3) is 5.91 Å². The minimum Gasteiger partial charge on any atom is -0.385 e. The lowest BCUT2D eigenvalue weighted by Gasteiger charge is -2.16. The van der Waals surface area contributed by atoms with Crippen LogP contribution in [0.4, 0.5) is 4.39 Å². The highest BCUT2D eigenvalue weighted by Gasteiger charge is 2.16. The fourth-order valence-corrected chi connectivity index (χ4v) is 2.07. The molecule has 3 nitrogen and oxygen atoms in total. The number of carbonyl (C=O) groups is 1. The number of carbonyl (C=O) groups excluding carboxylic acids is 1. The third kappa shape index (κ3) is 4.23. The molecule has 0 saturated heterocycles. The maximum Gasteiger partial charge on any atom is 0.252 e. The van der Waals surface area contributed by atoms with Gasteiger partial charge in [-0.1, -0.05) is 6.07 Å². The first-order valence-corrected chi connectivity index (χ1v) is 6.72. The molecule has 1 rings (SSSR count). The van der Waals surface area contributed by atoms with Crippen LogP contribution in [0, 0.1) is 5.82 Å². The molecule has 0 aliphatic heterocycles. The van der Waals surface area contributed by atoms with Crippen LogP contribution < -0.4 is 5.32 Å². The lowest BCUT2D eigenvalue weighted by Crippen LogP contribution is -2.37. The van der Waals surface area contributed by atoms with E-state index in [2.05, 4.69) is 21.2 Å². The Bertz CT molecular complexity index is 417. The van der Waals surface area contributed by atoms with Gasteiger partial charge in [0.2, 0.25) is 0 Å². The topological polar surface area (TPSA) is 38.3 Å². The molecule has 0 spiro atoms. The van der Waals surface area contributed by atoms with Crippen molar-refractivity contribution in [2.24, 2.45) is 0 Å². The lowest BCUT2D eigenvalue weighted by atomic mass is 10.1. The van der Waals surface area contributed by atoms with Gasteiger partial charge in [-0.15, -0.1) is 11.6 Å². The molecule has 0 heterocycles. The minimum atomic E-state index is -0.470. The molecule has 0 saturated carbocycles. The highest BCUT2D eigenvalue weighted by Crippen LogP contribution is 2.20. The van der Waals surface area contributed by atoms with Crippen molar-refractivity contribution in [2.75, 3.05) is 19.6 Å². The Hall–Kier alpha value is -0.650. The summed E-state index contributed by atoms with van der Waals surface area (Å²) in [4.78, 5) is 11.9. The molecule has 1 aromatic rings. The van der Waals surface area contributed by atoms with Gasteiger partial charge in [-0.2, -0.15) is 0 Å². The molecule has 1 aromatic carbocycles. The Balaban J connectivity index is 2.72. The Kier molecular flexibility index (Phi) is 6.60. The van der Waals surface area contributed by atoms with Gasteiger partial charge >= 0.3 is 0 Å². The summed E-state index contributed by atoms with van der Waals surface area (Å²) in [7, 11) is 1.58. The molecule has 0 fully saturated rings. The van der Waals surface area contributed by atoms with E-state index in [1.807, 2.05) is 0 Å². The molecule has 1 N–H and O–H groups in total. The van der Waals surface area contributed by atoms with Gasteiger partial charge in [0.05, 0.1) is 10.0 Å². The molecule has 6 heteroatoms. The molecule has 0 aromatic heterocycles. The van der Waals surface area contributed by atoms with Crippen molar-refractivity contribution < 1.29 is 13.9 Å². The fourth-order valence-electron chi connectivity index (χ4n) is 1.39. The van der Waals surface area contributed by atoms with Crippen LogP contribution >= 0.6 is 27.5 Å². The van der Waals surface area contributed by atoms with Crippen molar-refractivity contribution in [1.29, 1.82) is 0 Å². The van der Waals surface area contributed by atoms with E-state index in [0.717, 1.165) is 0 Å². The van der Waals surface area contributed by atoms with E-state index in [0.29, 0.717) is 13.0 Å². The van der Waals surface area contributed by atoms with Gasteiger partial charge in [-0.05, 0) is 34.5 Å². The van der Waals surface area contributed by atoms with E-state index < -0.39 is 5.82 Å². The summed E-state index contributed by atoms with van der Waals surface area (Å²) in [6.45, 7) is 0.502. The highest BCUT2D eigenvalue weighted by atomic mass is 79.9. The SMILES string of the molecule is COCCC(CCl)NC(=O)c1cccc(F)c1Br. The van der Waals surface area contributed by atoms with Gasteiger partial charge in [0, 0.05) is 25.6 Å². The van der Waals surface area contributed by atoms with Crippen molar-refractivity contribution in [3.63, 3.8) is 0 Å². The third-order valence-electron chi connectivity index (χ3n) is 2.39. The molecule has 0 aliphatic rings. The number of methoxy groups -OCH3 is 1. The van der Waals surface area contributed by atoms with E-state index in [1.54, 1.807) is 13.2 Å². The summed E-state index contributed by atoms with van der Waals surface area (Å²) in [6, 6.07) is 4.11. The average Bonchev–Trinajstić information content (AvgIpc) is 2.37. The van der Waals surface area contributed by atoms with Crippen molar-refractivity contribution in [3.05, 3.63) is 34.1 Å². The van der Waals surface area contributed by atoms with Crippen LogP contribution in [-0.4, -0.2) is 31.5 Å². The van der Waals surface area contributed by atoms with Crippen LogP contribution in [0.3, 0.4) is 0 Å². The second-order valence-corrected chi connectivity index (χ2v) is 4.81. The highest BCUT2D eigenvalue weighted by molar-refractivity contribution is 9.10. The molecule has 1 atom stereocenters. The van der Waals surface area contributed by atoms with E-state index in [9.17, 15) is 9.18 Å². The number of hydrogen-bond acceptors (Lipinski definition) is 2. The average molecular weight is 339 g/mol. The zero-order valence-corrected chi connectivity index (χ0v) is 12.2. The van der Waals surface area contributed by atoms with E-state index in [1.165, 1.54) is 12.1 Å². The summed E-state index contributed by atoms with van der Waals surface area (Å²) >= 11 is 8.80. The standard InChI is InChI=1S/C12H14BrClFNO2/c1-18-6-5-8(7-14)16-12(17)9-3-2-4-10(15)11(9)13/h2-4,8H,5-7H2,1H3,(H,16,17). The number of nitrogens with one attached hydrogen (secondary N) is 1. The van der Waals surface area contributed by atoms with Gasteiger partial charge in [0.1, 0.15) is 5.82 Å². The molecule has 1 amide bonds. The normalized spacial score (nSPS) is 12.2. The molecule has 0 aliphatic carbocycles. The Morgan fingerprint density at radius 1 is 1.61 bits per heavy atom. The number of halogens is 3. The molecule has 18 heavy (non-hydrogen) atoms. The van der Waals surface area contributed by atoms with Crippen LogP contribution in [0.2, 0.25) is 0 Å². The van der Waals surface area contributed by atoms with Gasteiger partial charge in [-0.25, -0.2) is 4.39 Å². The third-order valence-corrected chi connectivity index (χ3v) is 3.57. The van der Waals surface area contributed by atoms with E-state index >= 15 is 0 Å². The van der Waals surface area contributed by atoms with E-state index in [4.69, 9.17) is 16.3 Å². The molecule has 100 valence electrons. The number of alkyl halides is 1. The Labute approximate surface area is 119 Å². The van der Waals surface area contributed by atoms with Crippen LogP contribution in [-0.2, 0) is 4.74 Å². The maximum absolute atomic E-state index is 13.3. The van der Waals surface area contributed by atoms with Gasteiger partial charge in [0.15, 0.2) is 0 Å². The molecular weight excluding hydrogens is 324 g/mol. The number of amides is 1. The smallest absolute Gasteiger partial charge is 0.252 e. The Morgan fingerprint density at radius 3 is 2.94 bits per heavy atom. The summed E-state index contributed by atoms with van der Waals surface area (Å²) in [6.07, 6.45) is 0.610. The molecule has 0 bridgehead atoms. The summed E-state index contributed by atoms with van der Waals surface area (Å²) < 4.78 is 18.4. The predicted octanol–water partition coefficient (Wildman–Crippen LogP) is 2.96. The predicted molar refractivity (Wildman–Crippen MR) is 72.6 cm³/mol. The minimum absolute atomic E-state index is 0.155. The summed E-state index contributed by atoms with van der Waals surface area (Å²) in [5, 5.41) is 2.74. The number of benzene rings is 1. The van der Waals surface area contributed by atoms with Crippen molar-refractivity contribution in [1.82, 2.24) is 5.32 Å². The summed E-state index contributed by atoms with van der Waals surface area (Å²) in [5.74, 6) is -0.549.